The molecule has 5 nitrogen and oxygen atoms in total. The van der Waals surface area contributed by atoms with Crippen LogP contribution in [0.2, 0.25) is 0 Å². The number of rotatable bonds is 6. The maximum absolute atomic E-state index is 5.07. The van der Waals surface area contributed by atoms with E-state index in [0.29, 0.717) is 11.9 Å². The van der Waals surface area contributed by atoms with E-state index in [1.165, 1.54) is 27.8 Å². The van der Waals surface area contributed by atoms with Crippen molar-refractivity contribution < 1.29 is 0 Å². The number of nitrogens with zero attached hydrogens (tertiary/aromatic N) is 4. The van der Waals surface area contributed by atoms with Crippen molar-refractivity contribution in [2.45, 2.75) is 46.7 Å². The molecule has 0 radical (unpaired) electrons. The molecule has 0 atom stereocenters. The summed E-state index contributed by atoms with van der Waals surface area (Å²) in [5.41, 5.74) is 9.42. The van der Waals surface area contributed by atoms with E-state index in [2.05, 4.69) is 91.3 Å². The molecule has 2 aromatic carbocycles. The number of aromatic nitrogens is 4. The van der Waals surface area contributed by atoms with Crippen LogP contribution in [0.5, 0.6) is 0 Å². The molecular formula is C27H29N5. The van der Waals surface area contributed by atoms with E-state index >= 15 is 0 Å². The van der Waals surface area contributed by atoms with E-state index in [-0.39, 0.29) is 6.04 Å². The van der Waals surface area contributed by atoms with Crippen molar-refractivity contribution in [2.24, 2.45) is 5.92 Å². The summed E-state index contributed by atoms with van der Waals surface area (Å²) in [5.74, 6) is 1.14. The summed E-state index contributed by atoms with van der Waals surface area (Å²) >= 11 is 0. The first-order chi connectivity index (χ1) is 15.5. The average Bonchev–Trinajstić information content (AvgIpc) is 3.34. The normalized spacial score (nSPS) is 12.3. The topological polar surface area (TPSA) is 55.6 Å². The third-order valence-electron chi connectivity index (χ3n) is 5.74. The minimum atomic E-state index is 0.266. The van der Waals surface area contributed by atoms with Gasteiger partial charge >= 0.3 is 0 Å². The summed E-state index contributed by atoms with van der Waals surface area (Å²) in [6.07, 6.45) is 4.93. The molecule has 1 N–H and O–H groups in total. The highest BCUT2D eigenvalue weighted by Gasteiger charge is 2.25. The predicted octanol–water partition coefficient (Wildman–Crippen LogP) is 6.05. The van der Waals surface area contributed by atoms with Gasteiger partial charge in [-0.3, -0.25) is 4.68 Å². The molecule has 0 aliphatic heterocycles. The second-order valence-corrected chi connectivity index (χ2v) is 9.25. The molecule has 32 heavy (non-hydrogen) atoms. The SMILES string of the molecule is CC(C)Cn1cc(-c2ccnc(NC(C)C)n2)c(-c2cccc3c2-c2ccccc2C3)n1. The molecule has 0 spiro atoms. The van der Waals surface area contributed by atoms with Gasteiger partial charge in [0.05, 0.1) is 5.69 Å². The Morgan fingerprint density at radius 3 is 2.50 bits per heavy atom. The van der Waals surface area contributed by atoms with Crippen LogP contribution in [0, 0.1) is 5.92 Å². The number of hydrogen-bond acceptors (Lipinski definition) is 4. The van der Waals surface area contributed by atoms with Crippen LogP contribution in [0.4, 0.5) is 5.95 Å². The zero-order valence-corrected chi connectivity index (χ0v) is 19.1. The smallest absolute Gasteiger partial charge is 0.223 e. The lowest BCUT2D eigenvalue weighted by Crippen LogP contribution is -2.12. The maximum atomic E-state index is 5.07. The largest absolute Gasteiger partial charge is 0.352 e. The third kappa shape index (κ3) is 3.79. The minimum Gasteiger partial charge on any atom is -0.352 e. The van der Waals surface area contributed by atoms with Gasteiger partial charge in [0, 0.05) is 36.1 Å². The van der Waals surface area contributed by atoms with E-state index in [0.717, 1.165) is 29.9 Å². The van der Waals surface area contributed by atoms with Gasteiger partial charge in [0.25, 0.3) is 0 Å². The second kappa shape index (κ2) is 8.23. The van der Waals surface area contributed by atoms with Gasteiger partial charge in [-0.05, 0) is 54.5 Å². The summed E-state index contributed by atoms with van der Waals surface area (Å²) in [4.78, 5) is 9.22. The quantitative estimate of drug-likeness (QED) is 0.361. The van der Waals surface area contributed by atoms with Crippen LogP contribution >= 0.6 is 0 Å². The fourth-order valence-electron chi connectivity index (χ4n) is 4.50. The first-order valence-corrected chi connectivity index (χ1v) is 11.4. The van der Waals surface area contributed by atoms with Gasteiger partial charge in [-0.25, -0.2) is 9.97 Å². The van der Waals surface area contributed by atoms with Gasteiger partial charge in [-0.1, -0.05) is 56.3 Å². The van der Waals surface area contributed by atoms with Crippen LogP contribution in [0.3, 0.4) is 0 Å². The van der Waals surface area contributed by atoms with Crippen molar-refractivity contribution in [2.75, 3.05) is 5.32 Å². The monoisotopic (exact) mass is 423 g/mol. The molecule has 1 aliphatic carbocycles. The fourth-order valence-corrected chi connectivity index (χ4v) is 4.50. The number of nitrogens with one attached hydrogen (secondary N) is 1. The van der Waals surface area contributed by atoms with Crippen LogP contribution in [0.25, 0.3) is 33.6 Å². The first-order valence-electron chi connectivity index (χ1n) is 11.4. The molecule has 5 rings (SSSR count). The number of fused-ring (bicyclic) bond motifs is 3. The highest BCUT2D eigenvalue weighted by Crippen LogP contribution is 2.44. The molecule has 0 fully saturated rings. The van der Waals surface area contributed by atoms with Gasteiger partial charge in [0.1, 0.15) is 5.69 Å². The highest BCUT2D eigenvalue weighted by atomic mass is 15.3. The van der Waals surface area contributed by atoms with Gasteiger partial charge in [0.15, 0.2) is 0 Å². The summed E-state index contributed by atoms with van der Waals surface area (Å²) in [5, 5.41) is 8.39. The molecule has 2 heterocycles. The fraction of sp³-hybridized carbons (Fsp3) is 0.296. The summed E-state index contributed by atoms with van der Waals surface area (Å²) < 4.78 is 2.06. The Morgan fingerprint density at radius 2 is 1.69 bits per heavy atom. The molecule has 0 unspecified atom stereocenters. The lowest BCUT2D eigenvalue weighted by atomic mass is 9.95. The zero-order valence-electron chi connectivity index (χ0n) is 19.1. The van der Waals surface area contributed by atoms with Crippen molar-refractivity contribution in [3.63, 3.8) is 0 Å². The van der Waals surface area contributed by atoms with Crippen LogP contribution in [-0.2, 0) is 13.0 Å². The van der Waals surface area contributed by atoms with Crippen molar-refractivity contribution >= 4 is 5.95 Å². The van der Waals surface area contributed by atoms with Crippen LogP contribution in [0.1, 0.15) is 38.8 Å². The molecule has 5 heteroatoms. The summed E-state index contributed by atoms with van der Waals surface area (Å²) in [7, 11) is 0. The van der Waals surface area contributed by atoms with Crippen LogP contribution in [0.15, 0.2) is 60.9 Å². The summed E-state index contributed by atoms with van der Waals surface area (Å²) in [6.45, 7) is 9.47. The molecule has 0 bridgehead atoms. The Hall–Kier alpha value is -3.47. The second-order valence-electron chi connectivity index (χ2n) is 9.25. The lowest BCUT2D eigenvalue weighted by molar-refractivity contribution is 0.484. The van der Waals surface area contributed by atoms with Gasteiger partial charge < -0.3 is 5.32 Å². The standard InChI is InChI=1S/C27H29N5/c1-17(2)15-32-16-23(24-12-13-28-27(30-24)29-18(3)4)26(31-32)22-11-7-9-20-14-19-8-5-6-10-21(19)25(20)22/h5-13,16-18H,14-15H2,1-4H3,(H,28,29,30). The van der Waals surface area contributed by atoms with Crippen LogP contribution in [-0.4, -0.2) is 25.8 Å². The molecule has 0 amide bonds. The molecule has 162 valence electrons. The maximum Gasteiger partial charge on any atom is 0.223 e. The highest BCUT2D eigenvalue weighted by molar-refractivity contribution is 5.93. The summed E-state index contributed by atoms with van der Waals surface area (Å²) in [6, 6.07) is 17.5. The van der Waals surface area contributed by atoms with Crippen molar-refractivity contribution in [3.8, 4) is 33.6 Å². The van der Waals surface area contributed by atoms with Gasteiger partial charge in [-0.2, -0.15) is 5.10 Å². The van der Waals surface area contributed by atoms with E-state index in [1.807, 2.05) is 12.3 Å². The molecule has 2 aromatic heterocycles. The average molecular weight is 424 g/mol. The number of anilines is 1. The molecular weight excluding hydrogens is 394 g/mol. The van der Waals surface area contributed by atoms with Crippen molar-refractivity contribution in [1.29, 1.82) is 0 Å². The number of benzene rings is 2. The number of hydrogen-bond donors (Lipinski definition) is 1. The molecule has 1 aliphatic rings. The Balaban J connectivity index is 1.69. The first kappa shape index (κ1) is 20.4. The van der Waals surface area contributed by atoms with Crippen LogP contribution < -0.4 is 5.32 Å². The van der Waals surface area contributed by atoms with E-state index in [9.17, 15) is 0 Å². The Bertz CT molecular complexity index is 1270. The van der Waals surface area contributed by atoms with Gasteiger partial charge in [0.2, 0.25) is 5.95 Å². The zero-order chi connectivity index (χ0) is 22.2. The Morgan fingerprint density at radius 1 is 0.906 bits per heavy atom. The molecule has 0 saturated heterocycles. The van der Waals surface area contributed by atoms with Crippen molar-refractivity contribution in [3.05, 3.63) is 72.1 Å². The molecule has 0 saturated carbocycles. The predicted molar refractivity (Wildman–Crippen MR) is 131 cm³/mol. The molecule has 4 aromatic rings. The minimum absolute atomic E-state index is 0.266. The van der Waals surface area contributed by atoms with Crippen molar-refractivity contribution in [1.82, 2.24) is 19.7 Å². The van der Waals surface area contributed by atoms with E-state index < -0.39 is 0 Å². The lowest BCUT2D eigenvalue weighted by Gasteiger charge is -2.11. The van der Waals surface area contributed by atoms with E-state index in [4.69, 9.17) is 10.1 Å². The Labute approximate surface area is 189 Å². The Kier molecular flexibility index (Phi) is 5.25. The van der Waals surface area contributed by atoms with E-state index in [1.54, 1.807) is 0 Å². The van der Waals surface area contributed by atoms with Gasteiger partial charge in [-0.15, -0.1) is 0 Å². The third-order valence-corrected chi connectivity index (χ3v) is 5.74.